The van der Waals surface area contributed by atoms with Crippen LogP contribution in [0.15, 0.2) is 18.2 Å². The molecule has 0 N–H and O–H groups in total. The zero-order chi connectivity index (χ0) is 13.8. The number of aryl methyl sites for hydroxylation is 1. The Morgan fingerprint density at radius 1 is 1.26 bits per heavy atom. The van der Waals surface area contributed by atoms with Gasteiger partial charge in [0.15, 0.2) is 5.51 Å². The molecule has 0 saturated carbocycles. The average Bonchev–Trinajstić information content (AvgIpc) is 2.90. The highest BCUT2D eigenvalue weighted by Crippen LogP contribution is 2.29. The summed E-state index contributed by atoms with van der Waals surface area (Å²) in [5.74, 6) is -0.184. The SMILES string of the molecule is CCc1s[c]nc1-c1ccc(N(CC)CC)c(F)c1. The lowest BCUT2D eigenvalue weighted by molar-refractivity contribution is 0.620. The van der Waals surface area contributed by atoms with Crippen LogP contribution in [0.2, 0.25) is 0 Å². The summed E-state index contributed by atoms with van der Waals surface area (Å²) < 4.78 is 14.2. The molecule has 1 aromatic carbocycles. The first-order valence-electron chi connectivity index (χ1n) is 6.61. The molecule has 0 aliphatic rings. The van der Waals surface area contributed by atoms with E-state index in [2.05, 4.69) is 17.4 Å². The maximum Gasteiger partial charge on any atom is 0.153 e. The van der Waals surface area contributed by atoms with Crippen molar-refractivity contribution in [3.05, 3.63) is 34.4 Å². The zero-order valence-electron chi connectivity index (χ0n) is 11.5. The third-order valence-corrected chi connectivity index (χ3v) is 4.15. The first kappa shape index (κ1) is 14.0. The van der Waals surface area contributed by atoms with E-state index in [1.165, 1.54) is 11.3 Å². The van der Waals surface area contributed by atoms with E-state index in [1.54, 1.807) is 6.07 Å². The van der Waals surface area contributed by atoms with Gasteiger partial charge >= 0.3 is 0 Å². The maximum absolute atomic E-state index is 14.2. The summed E-state index contributed by atoms with van der Waals surface area (Å²) in [4.78, 5) is 7.38. The Balaban J connectivity index is 2.39. The quantitative estimate of drug-likeness (QED) is 0.816. The van der Waals surface area contributed by atoms with Crippen LogP contribution in [0.3, 0.4) is 0 Å². The Morgan fingerprint density at radius 2 is 2.00 bits per heavy atom. The molecule has 0 spiro atoms. The number of anilines is 1. The van der Waals surface area contributed by atoms with Crippen LogP contribution in [0.1, 0.15) is 25.6 Å². The van der Waals surface area contributed by atoms with Gasteiger partial charge in [0.25, 0.3) is 0 Å². The molecule has 0 aliphatic carbocycles. The van der Waals surface area contributed by atoms with Crippen LogP contribution in [0.4, 0.5) is 10.1 Å². The Bertz CT molecular complexity index is 547. The van der Waals surface area contributed by atoms with Gasteiger partial charge in [0, 0.05) is 23.5 Å². The fraction of sp³-hybridized carbons (Fsp3) is 0.400. The first-order valence-corrected chi connectivity index (χ1v) is 7.43. The van der Waals surface area contributed by atoms with Crippen molar-refractivity contribution in [2.75, 3.05) is 18.0 Å². The number of nitrogens with zero attached hydrogens (tertiary/aromatic N) is 2. The molecule has 0 fully saturated rings. The third-order valence-electron chi connectivity index (χ3n) is 3.24. The molecule has 0 aliphatic heterocycles. The summed E-state index contributed by atoms with van der Waals surface area (Å²) >= 11 is 1.50. The monoisotopic (exact) mass is 277 g/mol. The van der Waals surface area contributed by atoms with Crippen molar-refractivity contribution >= 4 is 17.0 Å². The van der Waals surface area contributed by atoms with Gasteiger partial charge in [-0.2, -0.15) is 0 Å². The largest absolute Gasteiger partial charge is 0.370 e. The summed E-state index contributed by atoms with van der Waals surface area (Å²) in [5.41, 5.74) is 5.24. The second kappa shape index (κ2) is 6.15. The standard InChI is InChI=1S/C15H18FN2S/c1-4-14-15(17-10-19-14)11-7-8-13(12(16)9-11)18(5-2)6-3/h7-9H,4-6H2,1-3H3. The smallest absolute Gasteiger partial charge is 0.153 e. The van der Waals surface area contributed by atoms with Gasteiger partial charge in [0.2, 0.25) is 0 Å². The molecule has 1 radical (unpaired) electrons. The topological polar surface area (TPSA) is 16.1 Å². The predicted octanol–water partition coefficient (Wildman–Crippen LogP) is 4.16. The van der Waals surface area contributed by atoms with Gasteiger partial charge in [0.1, 0.15) is 5.82 Å². The molecule has 2 aromatic rings. The molecule has 19 heavy (non-hydrogen) atoms. The summed E-state index contributed by atoms with van der Waals surface area (Å²) in [6.07, 6.45) is 0.899. The molecule has 0 unspecified atom stereocenters. The van der Waals surface area contributed by atoms with E-state index in [0.717, 1.165) is 35.6 Å². The molecule has 1 heterocycles. The van der Waals surface area contributed by atoms with Gasteiger partial charge < -0.3 is 4.90 Å². The normalized spacial score (nSPS) is 10.7. The van der Waals surface area contributed by atoms with Gasteiger partial charge in [-0.1, -0.05) is 13.0 Å². The van der Waals surface area contributed by atoms with Gasteiger partial charge in [-0.25, -0.2) is 9.37 Å². The van der Waals surface area contributed by atoms with E-state index < -0.39 is 0 Å². The maximum atomic E-state index is 14.2. The summed E-state index contributed by atoms with van der Waals surface area (Å²) in [7, 11) is 0. The third kappa shape index (κ3) is 2.78. The lowest BCUT2D eigenvalue weighted by atomic mass is 10.1. The van der Waals surface area contributed by atoms with E-state index in [0.29, 0.717) is 5.69 Å². The molecule has 0 amide bonds. The van der Waals surface area contributed by atoms with Crippen molar-refractivity contribution in [3.63, 3.8) is 0 Å². The average molecular weight is 277 g/mol. The molecule has 2 nitrogen and oxygen atoms in total. The van der Waals surface area contributed by atoms with Crippen LogP contribution in [0, 0.1) is 11.3 Å². The van der Waals surface area contributed by atoms with Crippen LogP contribution in [0.5, 0.6) is 0 Å². The van der Waals surface area contributed by atoms with Crippen molar-refractivity contribution in [2.24, 2.45) is 0 Å². The van der Waals surface area contributed by atoms with Gasteiger partial charge in [-0.15, -0.1) is 11.3 Å². The van der Waals surface area contributed by atoms with E-state index in [4.69, 9.17) is 0 Å². The van der Waals surface area contributed by atoms with Crippen molar-refractivity contribution in [3.8, 4) is 11.3 Å². The molecule has 1 aromatic heterocycles. The molecular formula is C15H18FN2S. The Labute approximate surface area is 117 Å². The van der Waals surface area contributed by atoms with E-state index in [-0.39, 0.29) is 5.82 Å². The summed E-state index contributed by atoms with van der Waals surface area (Å²) in [5, 5.41) is 0. The summed E-state index contributed by atoms with van der Waals surface area (Å²) in [6.45, 7) is 7.74. The van der Waals surface area contributed by atoms with Crippen molar-refractivity contribution in [2.45, 2.75) is 27.2 Å². The number of thiazole rings is 1. The number of halogens is 1. The van der Waals surface area contributed by atoms with Gasteiger partial charge in [-0.3, -0.25) is 0 Å². The highest BCUT2D eigenvalue weighted by Gasteiger charge is 2.13. The fourth-order valence-electron chi connectivity index (χ4n) is 2.17. The van der Waals surface area contributed by atoms with Crippen LogP contribution < -0.4 is 4.90 Å². The second-order valence-electron chi connectivity index (χ2n) is 4.27. The van der Waals surface area contributed by atoms with Gasteiger partial charge in [-0.05, 0) is 32.4 Å². The Kier molecular flexibility index (Phi) is 4.53. The second-order valence-corrected chi connectivity index (χ2v) is 5.15. The van der Waals surface area contributed by atoms with E-state index in [9.17, 15) is 4.39 Å². The highest BCUT2D eigenvalue weighted by atomic mass is 32.1. The molecule has 0 bridgehead atoms. The minimum Gasteiger partial charge on any atom is -0.370 e. The van der Waals surface area contributed by atoms with Gasteiger partial charge in [0.05, 0.1) is 11.4 Å². The Morgan fingerprint density at radius 3 is 2.58 bits per heavy atom. The van der Waals surface area contributed by atoms with Crippen LogP contribution >= 0.6 is 11.3 Å². The molecule has 4 heteroatoms. The molecule has 2 rings (SSSR count). The number of rotatable bonds is 5. The van der Waals surface area contributed by atoms with Crippen molar-refractivity contribution in [1.82, 2.24) is 4.98 Å². The molecule has 0 atom stereocenters. The highest BCUT2D eigenvalue weighted by molar-refractivity contribution is 7.09. The summed E-state index contributed by atoms with van der Waals surface area (Å²) in [6, 6.07) is 5.37. The minimum absolute atomic E-state index is 0.184. The fourth-order valence-corrected chi connectivity index (χ4v) is 2.83. The number of aromatic nitrogens is 1. The van der Waals surface area contributed by atoms with E-state index in [1.807, 2.05) is 30.9 Å². The zero-order valence-corrected chi connectivity index (χ0v) is 12.4. The van der Waals surface area contributed by atoms with Crippen molar-refractivity contribution < 1.29 is 4.39 Å². The predicted molar refractivity (Wildman–Crippen MR) is 79.3 cm³/mol. The lowest BCUT2D eigenvalue weighted by Gasteiger charge is -2.21. The van der Waals surface area contributed by atoms with Crippen LogP contribution in [-0.4, -0.2) is 18.1 Å². The lowest BCUT2D eigenvalue weighted by Crippen LogP contribution is -2.22. The minimum atomic E-state index is -0.184. The first-order chi connectivity index (χ1) is 9.21. The van der Waals surface area contributed by atoms with Crippen LogP contribution in [0.25, 0.3) is 11.3 Å². The number of hydrogen-bond acceptors (Lipinski definition) is 3. The molecule has 0 saturated heterocycles. The van der Waals surface area contributed by atoms with Crippen molar-refractivity contribution in [1.29, 1.82) is 0 Å². The number of hydrogen-bond donors (Lipinski definition) is 0. The van der Waals surface area contributed by atoms with E-state index >= 15 is 0 Å². The molecular weight excluding hydrogens is 259 g/mol. The molecule has 101 valence electrons. The number of benzene rings is 1. The van der Waals surface area contributed by atoms with Crippen LogP contribution in [-0.2, 0) is 6.42 Å². The Hall–Kier alpha value is -1.42.